The molecule has 0 bridgehead atoms. The van der Waals surface area contributed by atoms with E-state index in [0.717, 1.165) is 0 Å². The highest BCUT2D eigenvalue weighted by Crippen LogP contribution is 2.83. The molecule has 0 aromatic rings. The second kappa shape index (κ2) is 11.0. The highest BCUT2D eigenvalue weighted by Gasteiger charge is 2.55. The van der Waals surface area contributed by atoms with Crippen molar-refractivity contribution in [2.45, 2.75) is 40.0 Å². The zero-order valence-electron chi connectivity index (χ0n) is 15.6. The van der Waals surface area contributed by atoms with Crippen molar-refractivity contribution >= 4 is 39.2 Å². The minimum absolute atomic E-state index is 0.0942. The average molecular weight is 536 g/mol. The summed E-state index contributed by atoms with van der Waals surface area (Å²) in [6.07, 6.45) is 0.313. The number of nitrogens with one attached hydrogen (secondary N) is 1. The number of hydrogen-bond donors (Lipinski definition) is 1. The number of rotatable bonds is 9. The van der Waals surface area contributed by atoms with Crippen LogP contribution in [0.1, 0.15) is 40.0 Å². The molecule has 29 heavy (non-hydrogen) atoms. The summed E-state index contributed by atoms with van der Waals surface area (Å²) in [5.41, 5.74) is 0. The minimum atomic E-state index is -6.32. The summed E-state index contributed by atoms with van der Waals surface area (Å²) >= 11 is 0. The highest BCUT2D eigenvalue weighted by atomic mass is 31.3. The Morgan fingerprint density at radius 3 is 1.52 bits per heavy atom. The fourth-order valence-corrected chi connectivity index (χ4v) is 12.0. The van der Waals surface area contributed by atoms with Gasteiger partial charge in [-0.15, -0.1) is 13.5 Å². The van der Waals surface area contributed by atoms with Crippen molar-refractivity contribution in [3.05, 3.63) is 0 Å². The van der Waals surface area contributed by atoms with Gasteiger partial charge in [-0.3, -0.25) is 0 Å². The molecule has 0 spiro atoms. The number of halogens is 7. The van der Waals surface area contributed by atoms with Gasteiger partial charge in [0.2, 0.25) is 0 Å². The van der Waals surface area contributed by atoms with E-state index in [1.807, 2.05) is 0 Å². The first-order valence-electron chi connectivity index (χ1n) is 8.27. The Labute approximate surface area is 165 Å². The molecule has 1 aliphatic rings. The monoisotopic (exact) mass is 536 g/mol. The molecule has 0 fully saturated rings. The van der Waals surface area contributed by atoms with Crippen molar-refractivity contribution in [2.75, 3.05) is 19.8 Å². The fourth-order valence-electron chi connectivity index (χ4n) is 1.56. The van der Waals surface area contributed by atoms with E-state index < -0.39 is 59.1 Å². The molecular formula is C9H22F7N5O3P5+. The Morgan fingerprint density at radius 2 is 1.07 bits per heavy atom. The molecule has 0 aromatic heterocycles. The van der Waals surface area contributed by atoms with Crippen molar-refractivity contribution in [1.82, 2.24) is 4.86 Å². The van der Waals surface area contributed by atoms with Crippen LogP contribution in [-0.4, -0.2) is 19.8 Å². The molecule has 0 amide bonds. The molecule has 3 unspecified atom stereocenters. The topological polar surface area (TPSA) is 89.2 Å². The first kappa shape index (κ1) is 27.7. The Hall–Kier alpha value is 0.700. The molecule has 3 atom stereocenters. The lowest BCUT2D eigenvalue weighted by atomic mass is 10.5. The van der Waals surface area contributed by atoms with E-state index in [1.54, 1.807) is 0 Å². The molecule has 8 nitrogen and oxygen atoms in total. The maximum atomic E-state index is 15.2. The summed E-state index contributed by atoms with van der Waals surface area (Å²) in [5.74, 6) is 0. The average Bonchev–Trinajstić information content (AvgIpc) is 2.53. The zero-order chi connectivity index (χ0) is 22.4. The van der Waals surface area contributed by atoms with Gasteiger partial charge in [-0.1, -0.05) is 20.8 Å². The van der Waals surface area contributed by atoms with Crippen LogP contribution in [0.15, 0.2) is 18.1 Å². The number of nitrogens with zero attached hydrogens (tertiary/aromatic N) is 4. The summed E-state index contributed by atoms with van der Waals surface area (Å²) in [7, 11) is -29.1. The van der Waals surface area contributed by atoms with E-state index in [2.05, 4.69) is 31.6 Å². The summed E-state index contributed by atoms with van der Waals surface area (Å²) in [5, 5.41) is 0. The van der Waals surface area contributed by atoms with Gasteiger partial charge in [0.25, 0.3) is 0 Å². The van der Waals surface area contributed by atoms with Gasteiger partial charge in [-0.05, 0) is 24.1 Å². The van der Waals surface area contributed by atoms with Crippen molar-refractivity contribution < 1.29 is 42.9 Å². The van der Waals surface area contributed by atoms with Gasteiger partial charge in [-0.25, -0.2) is 0 Å². The largest absolute Gasteiger partial charge is 0.597 e. The second-order valence-electron chi connectivity index (χ2n) is 5.34. The molecule has 174 valence electrons. The maximum absolute atomic E-state index is 15.2. The summed E-state index contributed by atoms with van der Waals surface area (Å²) in [6.45, 7) is 2.93. The maximum Gasteiger partial charge on any atom is 0.597 e. The first-order valence-corrected chi connectivity index (χ1v) is 15.8. The summed E-state index contributed by atoms with van der Waals surface area (Å²) in [4.78, 5) is 0.503. The standard InChI is InChI=1S/C9H22F7N5O3P5/c1-4-7-22-27(14)18-25(10,11)17-26(12,13)19-28(15,23-8-5-2)21-29(16,20-27)24-9-6-3/h17H,4-9H2,1-3H3/q+1. The number of hydrogen-bond acceptors (Lipinski definition) is 8. The molecule has 0 radical (unpaired) electrons. The molecule has 0 aliphatic carbocycles. The normalized spacial score (nSPS) is 34.3. The van der Waals surface area contributed by atoms with Crippen LogP contribution in [0.3, 0.4) is 0 Å². The van der Waals surface area contributed by atoms with Gasteiger partial charge >= 0.3 is 39.2 Å². The Kier molecular flexibility index (Phi) is 10.5. The van der Waals surface area contributed by atoms with Crippen LogP contribution >= 0.6 is 39.2 Å². The van der Waals surface area contributed by atoms with E-state index in [-0.39, 0.29) is 19.3 Å². The summed E-state index contributed by atoms with van der Waals surface area (Å²) < 4.78 is 125. The lowest BCUT2D eigenvalue weighted by Gasteiger charge is -2.19. The van der Waals surface area contributed by atoms with Crippen LogP contribution < -0.4 is 4.86 Å². The molecular weight excluding hydrogens is 514 g/mol. The van der Waals surface area contributed by atoms with Crippen LogP contribution in [0.25, 0.3) is 0 Å². The van der Waals surface area contributed by atoms with Crippen LogP contribution in [-0.2, 0) is 13.6 Å². The third-order valence-electron chi connectivity index (χ3n) is 2.51. The fraction of sp³-hybridized carbons (Fsp3) is 1.00. The van der Waals surface area contributed by atoms with Gasteiger partial charge in [0.05, 0.1) is 19.8 Å². The smallest absolute Gasteiger partial charge is 0.303 e. The Balaban J connectivity index is 3.87. The van der Waals surface area contributed by atoms with Gasteiger partial charge in [0, 0.05) is 12.9 Å². The van der Waals surface area contributed by atoms with Gasteiger partial charge < -0.3 is 13.6 Å². The molecule has 0 saturated heterocycles. The molecule has 1 heterocycles. The second-order valence-corrected chi connectivity index (χ2v) is 14.6. The lowest BCUT2D eigenvalue weighted by molar-refractivity contribution is 0.311. The molecule has 0 aromatic carbocycles. The Bertz CT molecular complexity index is 791. The third-order valence-corrected chi connectivity index (χ3v) is 13.1. The SMILES string of the molecule is CCCOP1(F)=NP(F)(OCCC)=NP(F)(OCCC)=N[P+](F)(F)NP(F)(F)=N1. The molecule has 1 aliphatic heterocycles. The minimum Gasteiger partial charge on any atom is -0.303 e. The quantitative estimate of drug-likeness (QED) is 0.235. The van der Waals surface area contributed by atoms with E-state index in [4.69, 9.17) is 0 Å². The van der Waals surface area contributed by atoms with Crippen molar-refractivity contribution in [1.29, 1.82) is 0 Å². The highest BCUT2D eigenvalue weighted by molar-refractivity contribution is 7.82. The molecule has 0 saturated carbocycles. The first-order chi connectivity index (χ1) is 13.2. The van der Waals surface area contributed by atoms with Crippen LogP contribution in [0, 0.1) is 0 Å². The van der Waals surface area contributed by atoms with Crippen molar-refractivity contribution in [2.24, 2.45) is 18.1 Å². The van der Waals surface area contributed by atoms with E-state index in [1.165, 1.54) is 20.8 Å². The van der Waals surface area contributed by atoms with Crippen molar-refractivity contribution in [3.63, 3.8) is 0 Å². The predicted octanol–water partition coefficient (Wildman–Crippen LogP) is 10.1. The van der Waals surface area contributed by atoms with Gasteiger partial charge in [0.1, 0.15) is 0 Å². The van der Waals surface area contributed by atoms with Crippen LogP contribution in [0.4, 0.5) is 29.4 Å². The molecule has 1 rings (SSSR count). The van der Waals surface area contributed by atoms with Crippen LogP contribution in [0.2, 0.25) is 0 Å². The van der Waals surface area contributed by atoms with E-state index in [0.29, 0.717) is 4.86 Å². The lowest BCUT2D eigenvalue weighted by Crippen LogP contribution is -2.01. The van der Waals surface area contributed by atoms with Gasteiger partial charge in [0.15, 0.2) is 0 Å². The Morgan fingerprint density at radius 1 is 0.690 bits per heavy atom. The summed E-state index contributed by atoms with van der Waals surface area (Å²) in [6, 6.07) is 0. The molecule has 1 N–H and O–H groups in total. The zero-order valence-corrected chi connectivity index (χ0v) is 20.1. The van der Waals surface area contributed by atoms with Crippen LogP contribution in [0.5, 0.6) is 0 Å². The van der Waals surface area contributed by atoms with E-state index in [9.17, 15) is 25.2 Å². The van der Waals surface area contributed by atoms with Crippen molar-refractivity contribution in [3.8, 4) is 0 Å². The third kappa shape index (κ3) is 9.80. The van der Waals surface area contributed by atoms with Gasteiger partial charge in [-0.2, -0.15) is 21.0 Å². The predicted molar refractivity (Wildman–Crippen MR) is 104 cm³/mol. The van der Waals surface area contributed by atoms with E-state index >= 15 is 4.20 Å². The molecule has 20 heteroatoms.